The first-order chi connectivity index (χ1) is 11.9. The SMILES string of the molecule is Cl.c1ccc2cc(OCCN3CCN(C4CCNC4)CC3)ccc2c1. The average molecular weight is 362 g/mol. The number of nitrogens with zero attached hydrogens (tertiary/aromatic N) is 2. The number of fused-ring (bicyclic) bond motifs is 1. The van der Waals surface area contributed by atoms with Gasteiger partial charge in [-0.05, 0) is 35.9 Å². The summed E-state index contributed by atoms with van der Waals surface area (Å²) in [5, 5.41) is 5.98. The third-order valence-electron chi connectivity index (χ3n) is 5.35. The molecule has 1 unspecified atom stereocenters. The van der Waals surface area contributed by atoms with E-state index >= 15 is 0 Å². The highest BCUT2D eigenvalue weighted by molar-refractivity contribution is 5.85. The number of hydrogen-bond acceptors (Lipinski definition) is 4. The molecule has 2 heterocycles. The molecule has 2 saturated heterocycles. The lowest BCUT2D eigenvalue weighted by molar-refractivity contribution is 0.0921. The van der Waals surface area contributed by atoms with Crippen LogP contribution in [0.25, 0.3) is 10.8 Å². The lowest BCUT2D eigenvalue weighted by Gasteiger charge is -2.37. The van der Waals surface area contributed by atoms with Gasteiger partial charge in [-0.2, -0.15) is 0 Å². The summed E-state index contributed by atoms with van der Waals surface area (Å²) in [6.45, 7) is 8.86. The van der Waals surface area contributed by atoms with Gasteiger partial charge in [-0.1, -0.05) is 30.3 Å². The number of hydrogen-bond donors (Lipinski definition) is 1. The van der Waals surface area contributed by atoms with Crippen molar-refractivity contribution >= 4 is 23.2 Å². The highest BCUT2D eigenvalue weighted by Crippen LogP contribution is 2.20. The number of nitrogens with one attached hydrogen (secondary N) is 1. The molecule has 1 atom stereocenters. The van der Waals surface area contributed by atoms with Crippen molar-refractivity contribution < 1.29 is 4.74 Å². The molecule has 5 heteroatoms. The summed E-state index contributed by atoms with van der Waals surface area (Å²) in [7, 11) is 0. The topological polar surface area (TPSA) is 27.7 Å². The number of piperazine rings is 1. The molecule has 0 spiro atoms. The molecule has 2 aromatic carbocycles. The minimum atomic E-state index is 0. The summed E-state index contributed by atoms with van der Waals surface area (Å²) in [5.41, 5.74) is 0. The molecular weight excluding hydrogens is 334 g/mol. The zero-order chi connectivity index (χ0) is 16.2. The molecule has 0 saturated carbocycles. The van der Waals surface area contributed by atoms with Gasteiger partial charge in [-0.3, -0.25) is 9.80 Å². The lowest BCUT2D eigenvalue weighted by Crippen LogP contribution is -2.51. The quantitative estimate of drug-likeness (QED) is 0.886. The molecule has 0 bridgehead atoms. The summed E-state index contributed by atoms with van der Waals surface area (Å²) in [4.78, 5) is 5.18. The van der Waals surface area contributed by atoms with Gasteiger partial charge in [0.25, 0.3) is 0 Å². The Hall–Kier alpha value is -1.33. The van der Waals surface area contributed by atoms with E-state index in [9.17, 15) is 0 Å². The van der Waals surface area contributed by atoms with Gasteiger partial charge in [0.15, 0.2) is 0 Å². The Morgan fingerprint density at radius 3 is 2.56 bits per heavy atom. The van der Waals surface area contributed by atoms with Crippen LogP contribution in [-0.2, 0) is 0 Å². The van der Waals surface area contributed by atoms with Crippen LogP contribution in [0.5, 0.6) is 5.75 Å². The largest absolute Gasteiger partial charge is 0.492 e. The fourth-order valence-electron chi connectivity index (χ4n) is 3.85. The Labute approximate surface area is 156 Å². The van der Waals surface area contributed by atoms with E-state index in [1.807, 2.05) is 0 Å². The van der Waals surface area contributed by atoms with E-state index in [0.29, 0.717) is 0 Å². The Kier molecular flexibility index (Phi) is 6.54. The van der Waals surface area contributed by atoms with E-state index in [2.05, 4.69) is 57.6 Å². The monoisotopic (exact) mass is 361 g/mol. The predicted octanol–water partition coefficient (Wildman–Crippen LogP) is 2.62. The normalized spacial score (nSPS) is 22.0. The van der Waals surface area contributed by atoms with Gasteiger partial charge in [0, 0.05) is 45.3 Å². The first kappa shape index (κ1) is 18.5. The van der Waals surface area contributed by atoms with E-state index in [-0.39, 0.29) is 12.4 Å². The summed E-state index contributed by atoms with van der Waals surface area (Å²) in [6, 6.07) is 15.5. The first-order valence-corrected chi connectivity index (χ1v) is 9.17. The standard InChI is InChI=1S/C20H27N3O.ClH/c1-2-4-18-15-20(6-5-17(18)3-1)24-14-13-22-9-11-23(12-10-22)19-7-8-21-16-19;/h1-6,15,19,21H,7-14,16H2;1H. The summed E-state index contributed by atoms with van der Waals surface area (Å²) in [5.74, 6) is 0.976. The second-order valence-electron chi connectivity index (χ2n) is 6.88. The third kappa shape index (κ3) is 4.64. The Bertz CT molecular complexity index is 667. The fourth-order valence-corrected chi connectivity index (χ4v) is 3.85. The van der Waals surface area contributed by atoms with E-state index < -0.39 is 0 Å². The van der Waals surface area contributed by atoms with Crippen molar-refractivity contribution in [3.8, 4) is 5.75 Å². The second kappa shape index (κ2) is 8.86. The molecule has 0 amide bonds. The highest BCUT2D eigenvalue weighted by atomic mass is 35.5. The van der Waals surface area contributed by atoms with Crippen LogP contribution in [0.2, 0.25) is 0 Å². The zero-order valence-corrected chi connectivity index (χ0v) is 15.5. The van der Waals surface area contributed by atoms with Crippen LogP contribution in [0.1, 0.15) is 6.42 Å². The first-order valence-electron chi connectivity index (χ1n) is 9.17. The van der Waals surface area contributed by atoms with Gasteiger partial charge >= 0.3 is 0 Å². The Morgan fingerprint density at radius 1 is 1.00 bits per heavy atom. The van der Waals surface area contributed by atoms with Crippen LogP contribution in [0.15, 0.2) is 42.5 Å². The van der Waals surface area contributed by atoms with Crippen LogP contribution in [0, 0.1) is 0 Å². The smallest absolute Gasteiger partial charge is 0.120 e. The molecule has 25 heavy (non-hydrogen) atoms. The molecular formula is C20H28ClN3O. The van der Waals surface area contributed by atoms with E-state index in [1.165, 1.54) is 43.4 Å². The number of ether oxygens (including phenoxy) is 1. The van der Waals surface area contributed by atoms with Crippen LogP contribution < -0.4 is 10.1 Å². The van der Waals surface area contributed by atoms with Crippen LogP contribution in [-0.4, -0.2) is 68.3 Å². The summed E-state index contributed by atoms with van der Waals surface area (Å²) in [6.07, 6.45) is 1.31. The van der Waals surface area contributed by atoms with Crippen molar-refractivity contribution in [2.45, 2.75) is 12.5 Å². The van der Waals surface area contributed by atoms with Crippen molar-refractivity contribution in [3.63, 3.8) is 0 Å². The number of rotatable bonds is 5. The molecule has 2 aliphatic heterocycles. The van der Waals surface area contributed by atoms with Crippen LogP contribution in [0.3, 0.4) is 0 Å². The average Bonchev–Trinajstić information content (AvgIpc) is 3.17. The van der Waals surface area contributed by atoms with Crippen LogP contribution >= 0.6 is 12.4 Å². The maximum atomic E-state index is 5.98. The third-order valence-corrected chi connectivity index (χ3v) is 5.35. The second-order valence-corrected chi connectivity index (χ2v) is 6.88. The Morgan fingerprint density at radius 2 is 1.80 bits per heavy atom. The molecule has 2 aliphatic rings. The lowest BCUT2D eigenvalue weighted by atomic mass is 10.1. The predicted molar refractivity (Wildman–Crippen MR) is 106 cm³/mol. The van der Waals surface area contributed by atoms with Gasteiger partial charge in [-0.25, -0.2) is 0 Å². The molecule has 2 fully saturated rings. The van der Waals surface area contributed by atoms with Gasteiger partial charge in [0.1, 0.15) is 12.4 Å². The zero-order valence-electron chi connectivity index (χ0n) is 14.7. The van der Waals surface area contributed by atoms with Crippen molar-refractivity contribution in [1.82, 2.24) is 15.1 Å². The van der Waals surface area contributed by atoms with Crippen molar-refractivity contribution in [2.24, 2.45) is 0 Å². The molecule has 136 valence electrons. The highest BCUT2D eigenvalue weighted by Gasteiger charge is 2.25. The number of benzene rings is 2. The molecule has 0 aromatic heterocycles. The van der Waals surface area contributed by atoms with Crippen LogP contribution in [0.4, 0.5) is 0 Å². The minimum Gasteiger partial charge on any atom is -0.492 e. The summed E-state index contributed by atoms with van der Waals surface area (Å²) < 4.78 is 5.98. The van der Waals surface area contributed by atoms with Gasteiger partial charge in [0.2, 0.25) is 0 Å². The maximum absolute atomic E-state index is 5.98. The van der Waals surface area contributed by atoms with Gasteiger partial charge < -0.3 is 10.1 Å². The van der Waals surface area contributed by atoms with Crippen molar-refractivity contribution in [3.05, 3.63) is 42.5 Å². The number of halogens is 1. The minimum absolute atomic E-state index is 0. The van der Waals surface area contributed by atoms with E-state index in [1.54, 1.807) is 0 Å². The molecule has 0 radical (unpaired) electrons. The van der Waals surface area contributed by atoms with Crippen molar-refractivity contribution in [1.29, 1.82) is 0 Å². The van der Waals surface area contributed by atoms with E-state index in [4.69, 9.17) is 4.74 Å². The molecule has 4 nitrogen and oxygen atoms in total. The molecule has 2 aromatic rings. The van der Waals surface area contributed by atoms with Crippen molar-refractivity contribution in [2.75, 3.05) is 52.4 Å². The molecule has 1 N–H and O–H groups in total. The molecule has 0 aliphatic carbocycles. The fraction of sp³-hybridized carbons (Fsp3) is 0.500. The van der Waals surface area contributed by atoms with Gasteiger partial charge in [0.05, 0.1) is 0 Å². The molecule has 4 rings (SSSR count). The maximum Gasteiger partial charge on any atom is 0.120 e. The summed E-state index contributed by atoms with van der Waals surface area (Å²) >= 11 is 0. The Balaban J connectivity index is 0.00000182. The van der Waals surface area contributed by atoms with Gasteiger partial charge in [-0.15, -0.1) is 12.4 Å². The van der Waals surface area contributed by atoms with E-state index in [0.717, 1.165) is 38.0 Å².